The first-order valence-electron chi connectivity index (χ1n) is 9.13. The molecular weight excluding hydrogens is 308 g/mol. The van der Waals surface area contributed by atoms with E-state index in [2.05, 4.69) is 34.2 Å². The summed E-state index contributed by atoms with van der Waals surface area (Å²) in [4.78, 5) is 6.96. The largest absolute Gasteiger partial charge is 0.321 e. The molecule has 2 aliphatic rings. The normalized spacial score (nSPS) is 25.9. The molecule has 0 spiro atoms. The molecule has 1 fully saturated rings. The molecule has 0 amide bonds. The number of hydrogen-bond acceptors (Lipinski definition) is 4. The maximum Gasteiger partial charge on any atom is 0.0677 e. The lowest BCUT2D eigenvalue weighted by Crippen LogP contribution is -2.56. The third kappa shape index (κ3) is 3.25. The van der Waals surface area contributed by atoms with E-state index in [0.717, 1.165) is 17.8 Å². The van der Waals surface area contributed by atoms with Crippen molar-refractivity contribution in [2.75, 3.05) is 13.1 Å². The van der Waals surface area contributed by atoms with Crippen molar-refractivity contribution in [3.05, 3.63) is 65.2 Å². The first kappa shape index (κ1) is 16.5. The van der Waals surface area contributed by atoms with E-state index < -0.39 is 5.54 Å². The van der Waals surface area contributed by atoms with Crippen LogP contribution in [0.25, 0.3) is 0 Å². The van der Waals surface area contributed by atoms with Gasteiger partial charge in [0.05, 0.1) is 17.3 Å². The van der Waals surface area contributed by atoms with Crippen LogP contribution in [-0.4, -0.2) is 30.2 Å². The van der Waals surface area contributed by atoms with Gasteiger partial charge in [-0.3, -0.25) is 9.89 Å². The number of fused-ring (bicyclic) bond motifs is 1. The highest BCUT2D eigenvalue weighted by molar-refractivity contribution is 5.77. The van der Waals surface area contributed by atoms with Gasteiger partial charge in [-0.25, -0.2) is 0 Å². The van der Waals surface area contributed by atoms with Gasteiger partial charge in [-0.15, -0.1) is 0 Å². The maximum atomic E-state index is 6.79. The van der Waals surface area contributed by atoms with Crippen molar-refractivity contribution in [2.24, 2.45) is 16.5 Å². The van der Waals surface area contributed by atoms with Crippen LogP contribution in [0.1, 0.15) is 29.5 Å². The van der Waals surface area contributed by atoms with Crippen LogP contribution in [0, 0.1) is 0 Å². The SMILES string of the molecule is NC1C=Nc2ccccc2C1(N)Cc1ccc(CN2CCCC2)cc1. The fraction of sp³-hybridized carbons (Fsp3) is 0.381. The topological polar surface area (TPSA) is 67.6 Å². The fourth-order valence-electron chi connectivity index (χ4n) is 3.97. The monoisotopic (exact) mass is 334 g/mol. The van der Waals surface area contributed by atoms with Crippen molar-refractivity contribution in [3.63, 3.8) is 0 Å². The van der Waals surface area contributed by atoms with Crippen molar-refractivity contribution in [2.45, 2.75) is 37.4 Å². The van der Waals surface area contributed by atoms with Crippen molar-refractivity contribution in [1.82, 2.24) is 4.90 Å². The molecule has 0 saturated carbocycles. The standard InChI is InChI=1S/C21H26N4/c22-20-14-24-19-6-2-1-5-18(19)21(20,23)13-16-7-9-17(10-8-16)15-25-11-3-4-12-25/h1-2,5-10,14,20H,3-4,11-13,15,22-23H2. The molecule has 2 aromatic rings. The molecule has 2 aromatic carbocycles. The molecule has 2 unspecified atom stereocenters. The zero-order valence-corrected chi connectivity index (χ0v) is 14.6. The molecule has 1 saturated heterocycles. The number of hydrogen-bond donors (Lipinski definition) is 2. The van der Waals surface area contributed by atoms with Crippen molar-refractivity contribution >= 4 is 11.9 Å². The number of para-hydroxylation sites is 1. The van der Waals surface area contributed by atoms with Crippen molar-refractivity contribution in [3.8, 4) is 0 Å². The summed E-state index contributed by atoms with van der Waals surface area (Å²) in [6, 6.07) is 16.6. The number of nitrogens with two attached hydrogens (primary N) is 2. The number of rotatable bonds is 4. The number of nitrogens with zero attached hydrogens (tertiary/aromatic N) is 2. The summed E-state index contributed by atoms with van der Waals surface area (Å²) in [5, 5.41) is 0. The molecule has 0 aromatic heterocycles. The zero-order valence-electron chi connectivity index (χ0n) is 14.6. The maximum absolute atomic E-state index is 6.79. The summed E-state index contributed by atoms with van der Waals surface area (Å²) in [6.07, 6.45) is 5.14. The lowest BCUT2D eigenvalue weighted by atomic mass is 9.77. The van der Waals surface area contributed by atoms with Crippen LogP contribution < -0.4 is 11.5 Å². The summed E-state index contributed by atoms with van der Waals surface area (Å²) in [5.74, 6) is 0. The van der Waals surface area contributed by atoms with E-state index in [9.17, 15) is 0 Å². The summed E-state index contributed by atoms with van der Waals surface area (Å²) in [6.45, 7) is 3.49. The zero-order chi connectivity index (χ0) is 17.3. The van der Waals surface area contributed by atoms with Gasteiger partial charge in [0.1, 0.15) is 0 Å². The average molecular weight is 334 g/mol. The molecule has 4 rings (SSSR count). The van der Waals surface area contributed by atoms with Gasteiger partial charge >= 0.3 is 0 Å². The molecular formula is C21H26N4. The van der Waals surface area contributed by atoms with Gasteiger partial charge in [-0.2, -0.15) is 0 Å². The minimum atomic E-state index is -0.616. The van der Waals surface area contributed by atoms with Gasteiger partial charge in [0.15, 0.2) is 0 Å². The lowest BCUT2D eigenvalue weighted by Gasteiger charge is -2.37. The van der Waals surface area contributed by atoms with E-state index in [-0.39, 0.29) is 6.04 Å². The summed E-state index contributed by atoms with van der Waals surface area (Å²) < 4.78 is 0. The Morgan fingerprint density at radius 1 is 1.00 bits per heavy atom. The van der Waals surface area contributed by atoms with Crippen LogP contribution in [0.15, 0.2) is 53.5 Å². The second-order valence-corrected chi connectivity index (χ2v) is 7.34. The summed E-state index contributed by atoms with van der Waals surface area (Å²) in [5.41, 5.74) is 17.1. The molecule has 2 heterocycles. The minimum Gasteiger partial charge on any atom is -0.321 e. The van der Waals surface area contributed by atoms with Crippen LogP contribution in [-0.2, 0) is 18.5 Å². The van der Waals surface area contributed by atoms with Crippen LogP contribution in [0.4, 0.5) is 5.69 Å². The molecule has 0 radical (unpaired) electrons. The first-order chi connectivity index (χ1) is 12.1. The fourth-order valence-corrected chi connectivity index (χ4v) is 3.97. The van der Waals surface area contributed by atoms with E-state index >= 15 is 0 Å². The molecule has 0 aliphatic carbocycles. The smallest absolute Gasteiger partial charge is 0.0677 e. The number of aliphatic imine (C=N–C) groups is 1. The van der Waals surface area contributed by atoms with Gasteiger partial charge in [-0.05, 0) is 55.1 Å². The van der Waals surface area contributed by atoms with Gasteiger partial charge < -0.3 is 11.5 Å². The Balaban J connectivity index is 1.53. The summed E-state index contributed by atoms with van der Waals surface area (Å²) in [7, 11) is 0. The van der Waals surface area contributed by atoms with E-state index in [1.54, 1.807) is 6.21 Å². The van der Waals surface area contributed by atoms with Gasteiger partial charge in [0.25, 0.3) is 0 Å². The Bertz CT molecular complexity index is 762. The van der Waals surface area contributed by atoms with Gasteiger partial charge in [0.2, 0.25) is 0 Å². The van der Waals surface area contributed by atoms with Crippen LogP contribution in [0.5, 0.6) is 0 Å². The Morgan fingerprint density at radius 2 is 1.68 bits per heavy atom. The molecule has 4 heteroatoms. The Hall–Kier alpha value is -2.01. The predicted molar refractivity (Wildman–Crippen MR) is 103 cm³/mol. The van der Waals surface area contributed by atoms with E-state index in [4.69, 9.17) is 11.5 Å². The van der Waals surface area contributed by atoms with Crippen molar-refractivity contribution in [1.29, 1.82) is 0 Å². The molecule has 130 valence electrons. The van der Waals surface area contributed by atoms with E-state index in [1.807, 2.05) is 24.3 Å². The third-order valence-electron chi connectivity index (χ3n) is 5.50. The Labute approximate surface area is 149 Å². The molecule has 2 aliphatic heterocycles. The highest BCUT2D eigenvalue weighted by Crippen LogP contribution is 2.35. The quantitative estimate of drug-likeness (QED) is 0.903. The third-order valence-corrected chi connectivity index (χ3v) is 5.50. The van der Waals surface area contributed by atoms with Gasteiger partial charge in [0, 0.05) is 12.8 Å². The van der Waals surface area contributed by atoms with Crippen LogP contribution in [0.3, 0.4) is 0 Å². The van der Waals surface area contributed by atoms with E-state index in [1.165, 1.54) is 37.1 Å². The molecule has 4 N–H and O–H groups in total. The van der Waals surface area contributed by atoms with Crippen LogP contribution >= 0.6 is 0 Å². The number of benzene rings is 2. The molecule has 2 atom stereocenters. The predicted octanol–water partition coefficient (Wildman–Crippen LogP) is 2.72. The van der Waals surface area contributed by atoms with E-state index in [0.29, 0.717) is 6.42 Å². The lowest BCUT2D eigenvalue weighted by molar-refractivity contribution is 0.331. The average Bonchev–Trinajstić information content (AvgIpc) is 3.14. The second kappa shape index (κ2) is 6.71. The highest BCUT2D eigenvalue weighted by atomic mass is 15.1. The first-order valence-corrected chi connectivity index (χ1v) is 9.13. The molecule has 25 heavy (non-hydrogen) atoms. The minimum absolute atomic E-state index is 0.285. The summed E-state index contributed by atoms with van der Waals surface area (Å²) >= 11 is 0. The highest BCUT2D eigenvalue weighted by Gasteiger charge is 2.37. The Kier molecular flexibility index (Phi) is 4.42. The van der Waals surface area contributed by atoms with Gasteiger partial charge in [-0.1, -0.05) is 42.5 Å². The van der Waals surface area contributed by atoms with Crippen LogP contribution in [0.2, 0.25) is 0 Å². The van der Waals surface area contributed by atoms with Crippen molar-refractivity contribution < 1.29 is 0 Å². The molecule has 0 bridgehead atoms. The number of likely N-dealkylation sites (tertiary alicyclic amines) is 1. The second-order valence-electron chi connectivity index (χ2n) is 7.34. The Morgan fingerprint density at radius 3 is 2.44 bits per heavy atom. The molecule has 4 nitrogen and oxygen atoms in total.